The average Bonchev–Trinajstić information content (AvgIpc) is 1.19. The molecule has 3 aromatic heterocycles. The number of halogens is 8. The number of aliphatic carboxylic acids is 1. The molecule has 2 amide bonds. The van der Waals surface area contributed by atoms with Crippen LogP contribution < -0.4 is 40.9 Å². The number of nitrogens with one attached hydrogen (secondary N) is 3. The lowest BCUT2D eigenvalue weighted by Crippen LogP contribution is -2.42. The van der Waals surface area contributed by atoms with Gasteiger partial charge in [-0.3, -0.25) is 28.8 Å². The Kier molecular flexibility index (Phi) is 41.5. The molecule has 649 valence electrons. The number of ketones is 2. The largest absolute Gasteiger partial charge is 0.497 e. The monoisotopic (exact) mass is 1870 g/mol. The van der Waals surface area contributed by atoms with Gasteiger partial charge in [0, 0.05) is 69.1 Å². The van der Waals surface area contributed by atoms with Gasteiger partial charge in [-0.2, -0.15) is 5.16 Å². The number of aromatic amines is 1. The summed E-state index contributed by atoms with van der Waals surface area (Å²) in [6.07, 6.45) is 4.44. The van der Waals surface area contributed by atoms with E-state index in [1.54, 1.807) is 84.4 Å². The second-order valence-electron chi connectivity index (χ2n) is 29.2. The maximum Gasteiger partial charge on any atom is 0.374 e. The van der Waals surface area contributed by atoms with E-state index in [0.29, 0.717) is 87.8 Å². The normalized spacial score (nSPS) is 12.8. The number of carbonyl (C=O) groups is 6. The van der Waals surface area contributed by atoms with E-state index in [9.17, 15) is 51.8 Å². The highest BCUT2D eigenvalue weighted by Crippen LogP contribution is 2.36. The fourth-order valence-corrected chi connectivity index (χ4v) is 13.1. The van der Waals surface area contributed by atoms with Crippen LogP contribution in [0.15, 0.2) is 212 Å². The highest BCUT2D eigenvalue weighted by atomic mass is 127. The summed E-state index contributed by atoms with van der Waals surface area (Å²) in [5.41, 5.74) is 11.6. The van der Waals surface area contributed by atoms with E-state index >= 15 is 0 Å². The van der Waals surface area contributed by atoms with Gasteiger partial charge in [-0.15, -0.1) is 36.4 Å². The van der Waals surface area contributed by atoms with E-state index < -0.39 is 58.0 Å². The van der Waals surface area contributed by atoms with Crippen molar-refractivity contribution in [3.63, 3.8) is 0 Å². The van der Waals surface area contributed by atoms with Gasteiger partial charge in [0.25, 0.3) is 29.1 Å². The second kappa shape index (κ2) is 48.8. The van der Waals surface area contributed by atoms with Crippen molar-refractivity contribution in [3.05, 3.63) is 282 Å². The summed E-state index contributed by atoms with van der Waals surface area (Å²) < 4.78 is 78.3. The number of benzene rings is 8. The van der Waals surface area contributed by atoms with Gasteiger partial charge in [0.15, 0.2) is 0 Å². The third kappa shape index (κ3) is 30.4. The lowest BCUT2D eigenvalue weighted by Gasteiger charge is -2.30. The number of Topliss-reactive ketones (excluding diaryl/α,β-unsaturated/α-hetero) is 2. The van der Waals surface area contributed by atoms with Crippen molar-refractivity contribution in [3.8, 4) is 56.6 Å². The zero-order valence-corrected chi connectivity index (χ0v) is 73.6. The second-order valence-corrected chi connectivity index (χ2v) is 30.5. The Balaban J connectivity index is 0.000000352. The molecular weight excluding hydrogens is 1770 g/mol. The number of carbonyl (C=O) groups excluding carboxylic acids is 4. The molecule has 0 saturated carbocycles. The van der Waals surface area contributed by atoms with Gasteiger partial charge in [0.2, 0.25) is 17.3 Å². The average molecular weight is 1870 g/mol. The van der Waals surface area contributed by atoms with Crippen LogP contribution in [0.3, 0.4) is 0 Å². The van der Waals surface area contributed by atoms with E-state index in [0.717, 1.165) is 57.4 Å². The van der Waals surface area contributed by atoms with Gasteiger partial charge in [-0.05, 0) is 212 Å². The van der Waals surface area contributed by atoms with E-state index in [-0.39, 0.29) is 136 Å². The van der Waals surface area contributed by atoms with Gasteiger partial charge >= 0.3 is 11.9 Å². The molecule has 0 bridgehead atoms. The highest BCUT2D eigenvalue weighted by molar-refractivity contribution is 14.0. The Morgan fingerprint density at radius 1 is 0.492 bits per heavy atom. The maximum absolute atomic E-state index is 14.4. The van der Waals surface area contributed by atoms with Crippen molar-refractivity contribution in [2.45, 2.75) is 152 Å². The lowest BCUT2D eigenvalue weighted by molar-refractivity contribution is -0.149. The van der Waals surface area contributed by atoms with Crippen LogP contribution in [0.25, 0.3) is 33.4 Å². The lowest BCUT2D eigenvalue weighted by atomic mass is 9.77. The van der Waals surface area contributed by atoms with Crippen molar-refractivity contribution in [2.75, 3.05) is 14.2 Å². The quantitative estimate of drug-likeness (QED) is 0.0161. The molecule has 22 nitrogen and oxygen atoms in total. The molecule has 0 saturated heterocycles. The van der Waals surface area contributed by atoms with Crippen LogP contribution in [-0.2, 0) is 46.9 Å². The maximum atomic E-state index is 14.4. The minimum absolute atomic E-state index is 0. The number of nitrogens with two attached hydrogens (primary N) is 1. The van der Waals surface area contributed by atoms with Crippen LogP contribution in [-0.4, -0.2) is 102 Å². The standard InChI is InChI=1S/C33H34ClFN2O5.C24H24ClFN2O5.C21H25ClFNO.C12H11NO5.CH4.B.ClH.HI/c1-5-33(3,21(2)38)19-26(16-22-6-10-24(11-7-22)28-17-25(34)12-15-29(28)35)36-32(39)30-18-31(37-42-30)41-20-23-8-13-27(40-4)14-9-23;1-3-24(2,23(31)32)13-17(27-22(30)20-12-21(29)28-33-20)10-14-4-6-15(7-5-14)18-11-16(25)8-9-19(18)26;1-4-21(3,14(2)25)13-18(24)11-15-5-7-16(8-6-15)19-12-17(22)9-10-20(19)23;1-16-9-4-2-8(3-5-9)7-17-11-6-10(12(14)15)18-13-11;;;;/h6-15,17-18,26H,5,16,19-20H2,1-4H3,(H,36,39);4-9,11-12,17H,3,10,13H2,1-2H3,(H,27,30)(H,28,29)(H,31,32);5-10,12,18H,4,11,13,24H2,1-3H3;2-6H,7H2,1H3,(H,14,15);1H4;;2*1H/t26-,33-;17-,24-;18-,21-;;;;;/m111...../s1. The summed E-state index contributed by atoms with van der Waals surface area (Å²) in [6.45, 7) is 14.9. The molecule has 0 aliphatic heterocycles. The number of amides is 2. The molecule has 0 aliphatic carbocycles. The Labute approximate surface area is 747 Å². The number of hydrogen-bond acceptors (Lipinski definition) is 17. The van der Waals surface area contributed by atoms with Crippen LogP contribution in [0.4, 0.5) is 13.2 Å². The number of aromatic nitrogens is 3. The fraction of sp³-hybridized carbons (Fsp3) is 0.308. The molecule has 31 heteroatoms. The SMILES string of the molecule is C.CC[C@](C)(C[C@@H](Cc1ccc(-c2cc(Cl)ccc2F)cc1)NC(=O)c1cc(=O)[nH]o1)C(=O)O.CC[C@](C)(C[C@@H](Cc1ccc(-c2cc(Cl)ccc2F)cc1)NC(=O)c1cc(OCc2ccc(OC)cc2)no1)C(C)=O.CC[C@](C)(C[C@H](N)Cc1ccc(-c2cc(Cl)ccc2F)cc1)C(C)=O.COc1ccc(COc2cc(C(=O)O)on2)cc1.Cl.I.[B]. The van der Waals surface area contributed by atoms with Crippen molar-refractivity contribution in [1.29, 1.82) is 0 Å². The van der Waals surface area contributed by atoms with Crippen molar-refractivity contribution in [2.24, 2.45) is 22.0 Å². The predicted octanol–water partition coefficient (Wildman–Crippen LogP) is 20.8. The molecule has 6 atom stereocenters. The first-order chi connectivity index (χ1) is 56.1. The predicted molar refractivity (Wildman–Crippen MR) is 479 cm³/mol. The van der Waals surface area contributed by atoms with Crippen molar-refractivity contribution in [1.82, 2.24) is 26.1 Å². The minimum Gasteiger partial charge on any atom is -0.497 e. The zero-order valence-electron chi connectivity index (χ0n) is 68.2. The van der Waals surface area contributed by atoms with E-state index in [1.165, 1.54) is 48.5 Å². The third-order valence-electron chi connectivity index (χ3n) is 20.6. The Bertz CT molecular complexity index is 5280. The topological polar surface area (TPSA) is 328 Å². The first-order valence-electron chi connectivity index (χ1n) is 37.8. The first kappa shape index (κ1) is 104. The molecule has 0 aliphatic rings. The molecular formula is C91H100BCl4F3IN6O16. The van der Waals surface area contributed by atoms with Crippen LogP contribution in [0, 0.1) is 33.7 Å². The van der Waals surface area contributed by atoms with Gasteiger partial charge in [0.1, 0.15) is 53.7 Å². The fourth-order valence-electron chi connectivity index (χ4n) is 12.6. The molecule has 3 radical (unpaired) electrons. The van der Waals surface area contributed by atoms with Gasteiger partial charge in [0.05, 0.1) is 37.8 Å². The van der Waals surface area contributed by atoms with Gasteiger partial charge < -0.3 is 59.1 Å². The van der Waals surface area contributed by atoms with Gasteiger partial charge in [-0.1, -0.05) is 174 Å². The third-order valence-corrected chi connectivity index (χ3v) is 21.3. The number of hydrogen-bond donors (Lipinski definition) is 6. The van der Waals surface area contributed by atoms with Gasteiger partial charge in [-0.25, -0.2) is 18.0 Å². The smallest absolute Gasteiger partial charge is 0.374 e. The Hall–Kier alpha value is -10.7. The molecule has 0 spiro atoms. The summed E-state index contributed by atoms with van der Waals surface area (Å²) in [6, 6.07) is 52.7. The van der Waals surface area contributed by atoms with Crippen LogP contribution in [0.2, 0.25) is 15.1 Å². The minimum atomic E-state index is -1.18. The number of aromatic carboxylic acids is 1. The summed E-state index contributed by atoms with van der Waals surface area (Å²) in [5, 5.41) is 34.9. The first-order valence-corrected chi connectivity index (χ1v) is 38.9. The number of H-pyrrole nitrogens is 1. The van der Waals surface area contributed by atoms with Crippen LogP contribution >= 0.6 is 71.2 Å². The summed E-state index contributed by atoms with van der Waals surface area (Å²) >= 11 is 18.0. The molecule has 122 heavy (non-hydrogen) atoms. The number of carboxylic acid groups (broad SMARTS) is 2. The zero-order chi connectivity index (χ0) is 86.0. The number of nitrogens with zero attached hydrogens (tertiary/aromatic N) is 2. The summed E-state index contributed by atoms with van der Waals surface area (Å²) in [4.78, 5) is 83.8. The number of carboxylic acids is 2. The summed E-state index contributed by atoms with van der Waals surface area (Å²) in [5.74, 6) is -2.70. The molecule has 8 aromatic carbocycles. The van der Waals surface area contributed by atoms with E-state index in [1.807, 2.05) is 125 Å². The Morgan fingerprint density at radius 2 is 0.828 bits per heavy atom. The molecule has 7 N–H and O–H groups in total. The van der Waals surface area contributed by atoms with E-state index in [2.05, 4.69) is 30.6 Å². The Morgan fingerprint density at radius 3 is 1.16 bits per heavy atom. The number of ether oxygens (including phenoxy) is 4. The summed E-state index contributed by atoms with van der Waals surface area (Å²) in [7, 11) is 3.19. The van der Waals surface area contributed by atoms with E-state index in [4.69, 9.17) is 73.6 Å². The van der Waals surface area contributed by atoms with Crippen molar-refractivity contribution < 1.29 is 84.7 Å². The molecule has 0 fully saturated rings. The number of rotatable bonds is 34. The molecule has 3 heterocycles. The van der Waals surface area contributed by atoms with Crippen LogP contribution in [0.1, 0.15) is 161 Å². The molecule has 11 aromatic rings. The molecule has 11 rings (SSSR count). The van der Waals surface area contributed by atoms with Crippen molar-refractivity contribution >= 4 is 115 Å². The number of methoxy groups -OCH3 is 2. The molecule has 0 unspecified atom stereocenters. The highest BCUT2D eigenvalue weighted by Gasteiger charge is 2.36. The van der Waals surface area contributed by atoms with Crippen LogP contribution in [0.5, 0.6) is 23.3 Å².